The average Bonchev–Trinajstić information content (AvgIpc) is 2.58. The molecule has 6 heteroatoms. The van der Waals surface area contributed by atoms with Crippen molar-refractivity contribution in [1.29, 1.82) is 0 Å². The van der Waals surface area contributed by atoms with Gasteiger partial charge in [-0.1, -0.05) is 32.9 Å². The number of amides is 2. The minimum atomic E-state index is -0.219. The molecule has 2 amide bonds. The van der Waals surface area contributed by atoms with Gasteiger partial charge in [-0.15, -0.1) is 0 Å². The maximum Gasteiger partial charge on any atom is 0.238 e. The van der Waals surface area contributed by atoms with Gasteiger partial charge >= 0.3 is 0 Å². The number of hydrogen-bond donors (Lipinski definition) is 2. The predicted molar refractivity (Wildman–Crippen MR) is 124 cm³/mol. The third-order valence-corrected chi connectivity index (χ3v) is 5.53. The smallest absolute Gasteiger partial charge is 0.238 e. The van der Waals surface area contributed by atoms with E-state index in [0.29, 0.717) is 13.1 Å². The number of piperazine rings is 1. The van der Waals surface area contributed by atoms with Crippen molar-refractivity contribution in [2.24, 2.45) is 5.41 Å². The van der Waals surface area contributed by atoms with E-state index in [0.717, 1.165) is 43.9 Å². The third-order valence-electron chi connectivity index (χ3n) is 5.53. The second-order valence-electron chi connectivity index (χ2n) is 10.5. The Hall–Kier alpha value is -1.92. The van der Waals surface area contributed by atoms with Gasteiger partial charge < -0.3 is 10.6 Å². The van der Waals surface area contributed by atoms with E-state index in [1.165, 1.54) is 5.56 Å². The van der Waals surface area contributed by atoms with Crippen LogP contribution < -0.4 is 10.6 Å². The standard InChI is InChI=1S/C24H40N4O2/c1-18-9-8-10-20(19(18)2)25-21(29)15-27-11-13-28(14-12-27)16-22(30)26-24(6,7)17-23(3,4)5/h8-10H,11-17H2,1-7H3,(H,25,29)(H,26,30). The lowest BCUT2D eigenvalue weighted by atomic mass is 9.82. The Morgan fingerprint density at radius 1 is 0.900 bits per heavy atom. The van der Waals surface area contributed by atoms with E-state index >= 15 is 0 Å². The Labute approximate surface area is 182 Å². The molecular formula is C24H40N4O2. The first-order valence-electron chi connectivity index (χ1n) is 11.0. The summed E-state index contributed by atoms with van der Waals surface area (Å²) in [4.78, 5) is 29.3. The van der Waals surface area contributed by atoms with Crippen LogP contribution in [-0.2, 0) is 9.59 Å². The first kappa shape index (κ1) is 24.4. The third kappa shape index (κ3) is 8.07. The summed E-state index contributed by atoms with van der Waals surface area (Å²) >= 11 is 0. The molecule has 1 aromatic carbocycles. The van der Waals surface area contributed by atoms with E-state index in [-0.39, 0.29) is 22.8 Å². The van der Waals surface area contributed by atoms with Gasteiger partial charge in [0.2, 0.25) is 11.8 Å². The Bertz CT molecular complexity index is 744. The van der Waals surface area contributed by atoms with Crippen molar-refractivity contribution in [2.75, 3.05) is 44.6 Å². The molecule has 0 spiro atoms. The lowest BCUT2D eigenvalue weighted by Crippen LogP contribution is -2.53. The zero-order valence-corrected chi connectivity index (χ0v) is 19.9. The number of rotatable bonds is 7. The van der Waals surface area contributed by atoms with Crippen molar-refractivity contribution in [1.82, 2.24) is 15.1 Å². The first-order valence-corrected chi connectivity index (χ1v) is 11.0. The van der Waals surface area contributed by atoms with Crippen molar-refractivity contribution in [3.8, 4) is 0 Å². The zero-order valence-electron chi connectivity index (χ0n) is 19.9. The van der Waals surface area contributed by atoms with Crippen molar-refractivity contribution < 1.29 is 9.59 Å². The fourth-order valence-electron chi connectivity index (χ4n) is 4.37. The highest BCUT2D eigenvalue weighted by molar-refractivity contribution is 5.93. The van der Waals surface area contributed by atoms with E-state index < -0.39 is 0 Å². The van der Waals surface area contributed by atoms with Gasteiger partial charge in [-0.3, -0.25) is 19.4 Å². The molecule has 1 aromatic rings. The van der Waals surface area contributed by atoms with Gasteiger partial charge in [0, 0.05) is 37.4 Å². The first-order chi connectivity index (χ1) is 13.8. The van der Waals surface area contributed by atoms with Crippen LogP contribution in [0.1, 0.15) is 52.2 Å². The number of anilines is 1. The normalized spacial score (nSPS) is 16.4. The Morgan fingerprint density at radius 2 is 1.43 bits per heavy atom. The van der Waals surface area contributed by atoms with Gasteiger partial charge in [-0.05, 0) is 56.7 Å². The summed E-state index contributed by atoms with van der Waals surface area (Å²) in [5, 5.41) is 6.21. The molecule has 2 rings (SSSR count). The maximum atomic E-state index is 12.5. The van der Waals surface area contributed by atoms with E-state index in [4.69, 9.17) is 0 Å². The van der Waals surface area contributed by atoms with E-state index in [1.54, 1.807) is 0 Å². The Morgan fingerprint density at radius 3 is 1.97 bits per heavy atom. The summed E-state index contributed by atoms with van der Waals surface area (Å²) in [6.07, 6.45) is 0.926. The van der Waals surface area contributed by atoms with Gasteiger partial charge in [-0.2, -0.15) is 0 Å². The molecule has 0 unspecified atom stereocenters. The summed E-state index contributed by atoms with van der Waals surface area (Å²) in [6, 6.07) is 5.95. The van der Waals surface area contributed by atoms with Crippen LogP contribution >= 0.6 is 0 Å². The summed E-state index contributed by atoms with van der Waals surface area (Å²) in [5.41, 5.74) is 3.11. The highest BCUT2D eigenvalue weighted by atomic mass is 16.2. The van der Waals surface area contributed by atoms with Crippen LogP contribution in [0.4, 0.5) is 5.69 Å². The van der Waals surface area contributed by atoms with Crippen molar-refractivity contribution in [2.45, 2.75) is 60.4 Å². The summed E-state index contributed by atoms with van der Waals surface area (Å²) in [7, 11) is 0. The van der Waals surface area contributed by atoms with Gasteiger partial charge in [-0.25, -0.2) is 0 Å². The minimum Gasteiger partial charge on any atom is -0.350 e. The van der Waals surface area contributed by atoms with Crippen molar-refractivity contribution in [3.05, 3.63) is 29.3 Å². The fourth-order valence-corrected chi connectivity index (χ4v) is 4.37. The number of aryl methyl sites for hydroxylation is 1. The summed E-state index contributed by atoms with van der Waals surface area (Å²) < 4.78 is 0. The molecule has 168 valence electrons. The Balaban J connectivity index is 1.75. The quantitative estimate of drug-likeness (QED) is 0.717. The van der Waals surface area contributed by atoms with Gasteiger partial charge in [0.25, 0.3) is 0 Å². The van der Waals surface area contributed by atoms with Crippen molar-refractivity contribution >= 4 is 17.5 Å². The molecule has 2 N–H and O–H groups in total. The average molecular weight is 417 g/mol. The molecule has 6 nitrogen and oxygen atoms in total. The van der Waals surface area contributed by atoms with Gasteiger partial charge in [0.05, 0.1) is 13.1 Å². The van der Waals surface area contributed by atoms with Crippen LogP contribution in [0.15, 0.2) is 18.2 Å². The van der Waals surface area contributed by atoms with Gasteiger partial charge in [0.15, 0.2) is 0 Å². The molecule has 30 heavy (non-hydrogen) atoms. The highest BCUT2D eigenvalue weighted by Gasteiger charge is 2.28. The van der Waals surface area contributed by atoms with E-state index in [1.807, 2.05) is 32.0 Å². The topological polar surface area (TPSA) is 64.7 Å². The number of nitrogens with zero attached hydrogens (tertiary/aromatic N) is 2. The Kier molecular flexibility index (Phi) is 8.06. The molecule has 0 radical (unpaired) electrons. The zero-order chi connectivity index (χ0) is 22.5. The molecule has 0 aliphatic carbocycles. The molecule has 1 fully saturated rings. The predicted octanol–water partition coefficient (Wildman–Crippen LogP) is 3.19. The molecule has 1 aliphatic heterocycles. The molecule has 0 aromatic heterocycles. The molecule has 0 atom stereocenters. The lowest BCUT2D eigenvalue weighted by Gasteiger charge is -2.36. The summed E-state index contributed by atoms with van der Waals surface area (Å²) in [6.45, 7) is 18.8. The van der Waals surface area contributed by atoms with Crippen LogP contribution in [0, 0.1) is 19.3 Å². The summed E-state index contributed by atoms with van der Waals surface area (Å²) in [5.74, 6) is 0.0872. The monoisotopic (exact) mass is 416 g/mol. The molecule has 1 heterocycles. The second-order valence-corrected chi connectivity index (χ2v) is 10.5. The van der Waals surface area contributed by atoms with Crippen LogP contribution in [0.5, 0.6) is 0 Å². The van der Waals surface area contributed by atoms with Crippen molar-refractivity contribution in [3.63, 3.8) is 0 Å². The number of benzene rings is 1. The number of carbonyl (C=O) groups excluding carboxylic acids is 2. The van der Waals surface area contributed by atoms with Crippen LogP contribution in [0.25, 0.3) is 0 Å². The highest BCUT2D eigenvalue weighted by Crippen LogP contribution is 2.26. The minimum absolute atomic E-state index is 0.0128. The lowest BCUT2D eigenvalue weighted by molar-refractivity contribution is -0.125. The molecule has 0 saturated carbocycles. The molecular weight excluding hydrogens is 376 g/mol. The second kappa shape index (κ2) is 9.92. The molecule has 1 saturated heterocycles. The van der Waals surface area contributed by atoms with Crippen LogP contribution in [0.3, 0.4) is 0 Å². The number of nitrogens with one attached hydrogen (secondary N) is 2. The largest absolute Gasteiger partial charge is 0.350 e. The number of carbonyl (C=O) groups is 2. The van der Waals surface area contributed by atoms with E-state index in [2.05, 4.69) is 55.1 Å². The van der Waals surface area contributed by atoms with Crippen LogP contribution in [0.2, 0.25) is 0 Å². The van der Waals surface area contributed by atoms with Gasteiger partial charge in [0.1, 0.15) is 0 Å². The number of hydrogen-bond acceptors (Lipinski definition) is 4. The van der Waals surface area contributed by atoms with Crippen LogP contribution in [-0.4, -0.2) is 66.4 Å². The maximum absolute atomic E-state index is 12.5. The molecule has 1 aliphatic rings. The van der Waals surface area contributed by atoms with E-state index in [9.17, 15) is 9.59 Å². The molecule has 0 bridgehead atoms. The fraction of sp³-hybridized carbons (Fsp3) is 0.667. The SMILES string of the molecule is Cc1cccc(NC(=O)CN2CCN(CC(=O)NC(C)(C)CC(C)(C)C)CC2)c1C.